The predicted molar refractivity (Wildman–Crippen MR) is 76.4 cm³/mol. The van der Waals surface area contributed by atoms with Crippen LogP contribution in [0.5, 0.6) is 0 Å². The van der Waals surface area contributed by atoms with Gasteiger partial charge in [-0.05, 0) is 49.0 Å². The van der Waals surface area contributed by atoms with Crippen molar-refractivity contribution in [2.24, 2.45) is 11.8 Å². The Morgan fingerprint density at radius 3 is 2.84 bits per heavy atom. The standard InChI is InChI=1S/C13H21BrN4O/c1-7(2)18-13(10(14)6-16-18)12(17-15)9-5-8-3-4-11(9)19-8/h6-9,11-12,17H,3-5,15H2,1-2H3. The number of halogens is 1. The number of nitrogens with two attached hydrogens (primary N) is 1. The SMILES string of the molecule is CC(C)n1ncc(Br)c1C(NN)C1CC2CCC1O2. The van der Waals surface area contributed by atoms with Gasteiger partial charge in [0.05, 0.1) is 34.6 Å². The Balaban J connectivity index is 1.92. The lowest BCUT2D eigenvalue weighted by molar-refractivity contribution is 0.0847. The van der Waals surface area contributed by atoms with E-state index in [1.54, 1.807) is 0 Å². The second-order valence-corrected chi connectivity index (χ2v) is 6.69. The van der Waals surface area contributed by atoms with E-state index in [4.69, 9.17) is 10.6 Å². The second kappa shape index (κ2) is 5.16. The smallest absolute Gasteiger partial charge is 0.0716 e. The Morgan fingerprint density at radius 1 is 1.53 bits per heavy atom. The molecule has 3 N–H and O–H groups in total. The van der Waals surface area contributed by atoms with Gasteiger partial charge >= 0.3 is 0 Å². The van der Waals surface area contributed by atoms with Crippen molar-refractivity contribution >= 4 is 15.9 Å². The second-order valence-electron chi connectivity index (χ2n) is 5.83. The average molecular weight is 329 g/mol. The van der Waals surface area contributed by atoms with Gasteiger partial charge in [-0.3, -0.25) is 16.0 Å². The Kier molecular flexibility index (Phi) is 3.68. The molecule has 0 radical (unpaired) electrons. The fraction of sp³-hybridized carbons (Fsp3) is 0.769. The minimum Gasteiger partial charge on any atom is -0.375 e. The van der Waals surface area contributed by atoms with Crippen molar-refractivity contribution < 1.29 is 4.74 Å². The van der Waals surface area contributed by atoms with Crippen LogP contribution in [0.25, 0.3) is 0 Å². The minimum atomic E-state index is 0.0922. The fourth-order valence-electron chi connectivity index (χ4n) is 3.49. The normalized spacial score (nSPS) is 31.3. The molecule has 0 aromatic carbocycles. The molecule has 3 rings (SSSR count). The molecule has 0 saturated carbocycles. The maximum absolute atomic E-state index is 5.97. The number of hydrogen-bond donors (Lipinski definition) is 2. The van der Waals surface area contributed by atoms with E-state index >= 15 is 0 Å². The molecule has 2 saturated heterocycles. The summed E-state index contributed by atoms with van der Waals surface area (Å²) in [5.41, 5.74) is 4.13. The Morgan fingerprint density at radius 2 is 2.32 bits per heavy atom. The molecule has 5 nitrogen and oxygen atoms in total. The van der Waals surface area contributed by atoms with E-state index in [1.165, 1.54) is 6.42 Å². The first-order valence-electron chi connectivity index (χ1n) is 6.96. The van der Waals surface area contributed by atoms with E-state index in [0.29, 0.717) is 24.2 Å². The summed E-state index contributed by atoms with van der Waals surface area (Å²) in [5.74, 6) is 6.29. The van der Waals surface area contributed by atoms with Gasteiger partial charge in [-0.2, -0.15) is 5.10 Å². The zero-order valence-corrected chi connectivity index (χ0v) is 12.9. The maximum Gasteiger partial charge on any atom is 0.0716 e. The summed E-state index contributed by atoms with van der Waals surface area (Å²) < 4.78 is 9.03. The molecule has 3 heterocycles. The highest BCUT2D eigenvalue weighted by molar-refractivity contribution is 9.10. The molecule has 106 valence electrons. The molecule has 0 amide bonds. The third kappa shape index (κ3) is 2.24. The zero-order valence-electron chi connectivity index (χ0n) is 11.3. The van der Waals surface area contributed by atoms with Crippen LogP contribution in [0, 0.1) is 5.92 Å². The molecule has 19 heavy (non-hydrogen) atoms. The number of rotatable bonds is 4. The van der Waals surface area contributed by atoms with Gasteiger partial charge in [0.1, 0.15) is 0 Å². The third-order valence-corrected chi connectivity index (χ3v) is 4.94. The van der Waals surface area contributed by atoms with Crippen molar-refractivity contribution in [3.63, 3.8) is 0 Å². The first kappa shape index (κ1) is 13.5. The molecular formula is C13H21BrN4O. The summed E-state index contributed by atoms with van der Waals surface area (Å²) in [6.07, 6.45) is 6.07. The monoisotopic (exact) mass is 328 g/mol. The molecule has 4 atom stereocenters. The lowest BCUT2D eigenvalue weighted by Crippen LogP contribution is -2.39. The van der Waals surface area contributed by atoms with Crippen LogP contribution in [0.3, 0.4) is 0 Å². The molecule has 2 bridgehead atoms. The highest BCUT2D eigenvalue weighted by Crippen LogP contribution is 2.45. The molecule has 4 unspecified atom stereocenters. The Labute approximate surface area is 122 Å². The van der Waals surface area contributed by atoms with Crippen LogP contribution in [-0.2, 0) is 4.74 Å². The lowest BCUT2D eigenvalue weighted by Gasteiger charge is -2.29. The number of fused-ring (bicyclic) bond motifs is 2. The van der Waals surface area contributed by atoms with Crippen molar-refractivity contribution in [1.82, 2.24) is 15.2 Å². The highest BCUT2D eigenvalue weighted by Gasteiger charge is 2.45. The van der Waals surface area contributed by atoms with E-state index in [9.17, 15) is 0 Å². The number of hydrazine groups is 1. The van der Waals surface area contributed by atoms with Crippen LogP contribution in [-0.4, -0.2) is 22.0 Å². The molecule has 2 aliphatic heterocycles. The van der Waals surface area contributed by atoms with Gasteiger partial charge in [0.15, 0.2) is 0 Å². The minimum absolute atomic E-state index is 0.0922. The lowest BCUT2D eigenvalue weighted by atomic mass is 9.82. The van der Waals surface area contributed by atoms with E-state index in [-0.39, 0.29) is 6.04 Å². The largest absolute Gasteiger partial charge is 0.375 e. The summed E-state index contributed by atoms with van der Waals surface area (Å²) in [4.78, 5) is 0. The Bertz CT molecular complexity index is 461. The summed E-state index contributed by atoms with van der Waals surface area (Å²) in [6, 6.07) is 0.409. The molecule has 2 fully saturated rings. The molecule has 6 heteroatoms. The topological polar surface area (TPSA) is 65.1 Å². The van der Waals surface area contributed by atoms with Crippen LogP contribution in [0.15, 0.2) is 10.7 Å². The maximum atomic E-state index is 5.97. The van der Waals surface area contributed by atoms with Gasteiger partial charge in [0.25, 0.3) is 0 Å². The fourth-order valence-corrected chi connectivity index (χ4v) is 4.01. The summed E-state index contributed by atoms with van der Waals surface area (Å²) in [5, 5.41) is 4.45. The van der Waals surface area contributed by atoms with Gasteiger partial charge in [-0.1, -0.05) is 0 Å². The van der Waals surface area contributed by atoms with E-state index < -0.39 is 0 Å². The summed E-state index contributed by atoms with van der Waals surface area (Å²) in [7, 11) is 0. The van der Waals surface area contributed by atoms with E-state index in [1.807, 2.05) is 10.9 Å². The average Bonchev–Trinajstić information content (AvgIpc) is 3.06. The number of hydrogen-bond acceptors (Lipinski definition) is 4. The quantitative estimate of drug-likeness (QED) is 0.657. The summed E-state index contributed by atoms with van der Waals surface area (Å²) in [6.45, 7) is 4.27. The van der Waals surface area contributed by atoms with Gasteiger partial charge in [0.2, 0.25) is 0 Å². The van der Waals surface area contributed by atoms with Crippen molar-refractivity contribution in [3.05, 3.63) is 16.4 Å². The highest BCUT2D eigenvalue weighted by atomic mass is 79.9. The number of aromatic nitrogens is 2. The number of nitrogens with one attached hydrogen (secondary N) is 1. The molecule has 1 aromatic rings. The summed E-state index contributed by atoms with van der Waals surface area (Å²) >= 11 is 3.61. The van der Waals surface area contributed by atoms with Crippen molar-refractivity contribution in [2.75, 3.05) is 0 Å². The number of nitrogens with zero attached hydrogens (tertiary/aromatic N) is 2. The van der Waals surface area contributed by atoms with Crippen LogP contribution < -0.4 is 11.3 Å². The van der Waals surface area contributed by atoms with Gasteiger partial charge in [0, 0.05) is 12.0 Å². The van der Waals surface area contributed by atoms with Gasteiger partial charge in [-0.15, -0.1) is 0 Å². The number of ether oxygens (including phenoxy) is 1. The van der Waals surface area contributed by atoms with Crippen LogP contribution >= 0.6 is 15.9 Å². The van der Waals surface area contributed by atoms with Crippen LogP contribution in [0.4, 0.5) is 0 Å². The predicted octanol–water partition coefficient (Wildman–Crippen LogP) is 2.30. The van der Waals surface area contributed by atoms with E-state index in [0.717, 1.165) is 23.0 Å². The first-order chi connectivity index (χ1) is 9.11. The third-order valence-electron chi connectivity index (χ3n) is 4.33. The molecular weight excluding hydrogens is 308 g/mol. The zero-order chi connectivity index (χ0) is 13.6. The van der Waals surface area contributed by atoms with Crippen molar-refractivity contribution in [2.45, 2.75) is 57.4 Å². The molecule has 1 aromatic heterocycles. The van der Waals surface area contributed by atoms with Crippen LogP contribution in [0.2, 0.25) is 0 Å². The molecule has 2 aliphatic rings. The van der Waals surface area contributed by atoms with E-state index in [2.05, 4.69) is 40.3 Å². The van der Waals surface area contributed by atoms with Gasteiger partial charge < -0.3 is 4.74 Å². The Hall–Kier alpha value is -0.430. The van der Waals surface area contributed by atoms with Gasteiger partial charge in [-0.25, -0.2) is 0 Å². The molecule has 0 spiro atoms. The van der Waals surface area contributed by atoms with Crippen LogP contribution in [0.1, 0.15) is 50.9 Å². The first-order valence-corrected chi connectivity index (χ1v) is 7.75. The van der Waals surface area contributed by atoms with Crippen molar-refractivity contribution in [3.8, 4) is 0 Å². The van der Waals surface area contributed by atoms with Crippen molar-refractivity contribution in [1.29, 1.82) is 0 Å². The molecule has 0 aliphatic carbocycles.